The topological polar surface area (TPSA) is 64.7 Å². The summed E-state index contributed by atoms with van der Waals surface area (Å²) in [5, 5.41) is 9.14. The van der Waals surface area contributed by atoms with E-state index in [1.807, 2.05) is 24.3 Å². The Hall–Kier alpha value is -2.19. The summed E-state index contributed by atoms with van der Waals surface area (Å²) in [6.07, 6.45) is 0.309. The number of oxazole rings is 1. The summed E-state index contributed by atoms with van der Waals surface area (Å²) in [6, 6.07) is 13.5. The second-order valence-electron chi connectivity index (χ2n) is 5.11. The van der Waals surface area contributed by atoms with Crippen molar-refractivity contribution in [1.82, 2.24) is 4.98 Å². The van der Waals surface area contributed by atoms with Crippen molar-refractivity contribution in [2.45, 2.75) is 11.3 Å². The predicted octanol–water partition coefficient (Wildman–Crippen LogP) is 4.27. The smallest absolute Gasteiger partial charge is 0.197 e. The Morgan fingerprint density at radius 3 is 2.40 bits per heavy atom. The molecule has 0 aliphatic rings. The molecule has 5 nitrogen and oxygen atoms in total. The third kappa shape index (κ3) is 4.26. The fourth-order valence-electron chi connectivity index (χ4n) is 2.30. The van der Waals surface area contributed by atoms with Gasteiger partial charge in [0.05, 0.1) is 25.8 Å². The van der Waals surface area contributed by atoms with E-state index >= 15 is 0 Å². The normalized spacial score (nSPS) is 11.0. The molecular weight excluding hydrogens is 345 g/mol. The van der Waals surface area contributed by atoms with Crippen LogP contribution in [-0.4, -0.2) is 23.8 Å². The molecule has 0 atom stereocenters. The summed E-state index contributed by atoms with van der Waals surface area (Å²) < 4.78 is 23.8. The molecule has 1 aromatic heterocycles. The lowest BCUT2D eigenvalue weighted by Gasteiger charge is -2.03. The molecule has 1 N–H and O–H groups in total. The number of hydrogen-bond donors (Lipinski definition) is 1. The van der Waals surface area contributed by atoms with Gasteiger partial charge in [-0.1, -0.05) is 0 Å². The van der Waals surface area contributed by atoms with Gasteiger partial charge >= 0.3 is 0 Å². The van der Waals surface area contributed by atoms with E-state index in [0.29, 0.717) is 23.8 Å². The van der Waals surface area contributed by atoms with Crippen LogP contribution in [0.3, 0.4) is 0 Å². The molecule has 2 aromatic carbocycles. The Morgan fingerprint density at radius 1 is 1.08 bits per heavy atom. The third-order valence-corrected chi connectivity index (χ3v) is 4.10. The highest BCUT2D eigenvalue weighted by atomic mass is 32.2. The van der Waals surface area contributed by atoms with Crippen LogP contribution in [-0.2, 0) is 15.6 Å². The van der Waals surface area contributed by atoms with Crippen LogP contribution in [0, 0.1) is 5.82 Å². The minimum atomic E-state index is -0.316. The minimum absolute atomic E-state index is 0.0628. The molecule has 3 rings (SSSR count). The van der Waals surface area contributed by atoms with E-state index in [0.717, 1.165) is 28.1 Å². The van der Waals surface area contributed by atoms with Crippen LogP contribution in [0.1, 0.15) is 5.89 Å². The molecule has 0 fully saturated rings. The molecule has 7 heteroatoms. The molecule has 0 aliphatic carbocycles. The zero-order valence-electron chi connectivity index (χ0n) is 13.4. The van der Waals surface area contributed by atoms with Crippen molar-refractivity contribution in [3.63, 3.8) is 0 Å². The Bertz CT molecular complexity index is 818. The molecule has 1 heterocycles. The van der Waals surface area contributed by atoms with Crippen molar-refractivity contribution in [2.24, 2.45) is 0 Å². The van der Waals surface area contributed by atoms with Gasteiger partial charge in [0, 0.05) is 22.4 Å². The Balaban J connectivity index is 1.97. The standard InChI is InChI=1S/C18H16FNO4S/c1-22-24-25-15-8-4-13(5-9-15)18-17(20-16(23-18)10-11-21)12-2-6-14(19)7-3-12/h2-9,21H,10-11H2,1H3. The molecular formula is C18H16FNO4S. The average molecular weight is 361 g/mol. The van der Waals surface area contributed by atoms with Crippen LogP contribution in [0.5, 0.6) is 0 Å². The van der Waals surface area contributed by atoms with E-state index in [-0.39, 0.29) is 12.4 Å². The van der Waals surface area contributed by atoms with Crippen molar-refractivity contribution in [3.8, 4) is 22.6 Å². The van der Waals surface area contributed by atoms with Gasteiger partial charge in [0.1, 0.15) is 11.5 Å². The molecule has 0 radical (unpaired) electrons. The number of aromatic nitrogens is 1. The molecule has 0 saturated heterocycles. The van der Waals surface area contributed by atoms with Crippen molar-refractivity contribution < 1.29 is 23.1 Å². The van der Waals surface area contributed by atoms with Gasteiger partial charge in [0.15, 0.2) is 11.7 Å². The van der Waals surface area contributed by atoms with Crippen molar-refractivity contribution in [2.75, 3.05) is 13.7 Å². The number of aliphatic hydroxyl groups is 1. The van der Waals surface area contributed by atoms with E-state index < -0.39 is 0 Å². The first-order valence-electron chi connectivity index (χ1n) is 7.55. The average Bonchev–Trinajstić information content (AvgIpc) is 3.05. The quantitative estimate of drug-likeness (QED) is 0.385. The highest BCUT2D eigenvalue weighted by Crippen LogP contribution is 2.34. The number of hydrogen-bond acceptors (Lipinski definition) is 6. The molecule has 130 valence electrons. The molecule has 0 saturated carbocycles. The van der Waals surface area contributed by atoms with Crippen LogP contribution in [0.4, 0.5) is 4.39 Å². The summed E-state index contributed by atoms with van der Waals surface area (Å²) >= 11 is 1.10. The SMILES string of the molecule is COOSc1ccc(-c2oc(CCO)nc2-c2ccc(F)cc2)cc1. The molecule has 25 heavy (non-hydrogen) atoms. The highest BCUT2D eigenvalue weighted by Gasteiger charge is 2.17. The largest absolute Gasteiger partial charge is 0.440 e. The van der Waals surface area contributed by atoms with Gasteiger partial charge in [-0.05, 0) is 48.5 Å². The van der Waals surface area contributed by atoms with Gasteiger partial charge in [0.25, 0.3) is 0 Å². The van der Waals surface area contributed by atoms with E-state index in [1.54, 1.807) is 12.1 Å². The second-order valence-corrected chi connectivity index (χ2v) is 5.88. The van der Waals surface area contributed by atoms with Gasteiger partial charge in [-0.2, -0.15) is 4.33 Å². The summed E-state index contributed by atoms with van der Waals surface area (Å²) in [6.45, 7) is -0.0628. The first kappa shape index (κ1) is 17.6. The minimum Gasteiger partial charge on any atom is -0.440 e. The monoisotopic (exact) mass is 361 g/mol. The van der Waals surface area contributed by atoms with Gasteiger partial charge in [-0.3, -0.25) is 0 Å². The molecule has 0 bridgehead atoms. The van der Waals surface area contributed by atoms with E-state index in [1.165, 1.54) is 19.2 Å². The number of nitrogens with zero attached hydrogens (tertiary/aromatic N) is 1. The first-order valence-corrected chi connectivity index (χ1v) is 8.29. The van der Waals surface area contributed by atoms with Crippen LogP contribution in [0.15, 0.2) is 57.8 Å². The van der Waals surface area contributed by atoms with Crippen molar-refractivity contribution in [3.05, 3.63) is 60.2 Å². The lowest BCUT2D eigenvalue weighted by atomic mass is 10.1. The van der Waals surface area contributed by atoms with Crippen LogP contribution < -0.4 is 0 Å². The predicted molar refractivity (Wildman–Crippen MR) is 92.1 cm³/mol. The van der Waals surface area contributed by atoms with Crippen LogP contribution in [0.2, 0.25) is 0 Å². The van der Waals surface area contributed by atoms with Crippen LogP contribution in [0.25, 0.3) is 22.6 Å². The number of halogens is 1. The molecule has 0 unspecified atom stereocenters. The van der Waals surface area contributed by atoms with E-state index in [9.17, 15) is 4.39 Å². The molecule has 0 aliphatic heterocycles. The maximum atomic E-state index is 13.2. The van der Waals surface area contributed by atoms with E-state index in [4.69, 9.17) is 13.9 Å². The maximum absolute atomic E-state index is 13.2. The zero-order chi connectivity index (χ0) is 17.6. The van der Waals surface area contributed by atoms with E-state index in [2.05, 4.69) is 9.87 Å². The van der Waals surface area contributed by atoms with Gasteiger partial charge < -0.3 is 9.52 Å². The lowest BCUT2D eigenvalue weighted by Crippen LogP contribution is -1.90. The summed E-state index contributed by atoms with van der Waals surface area (Å²) in [5.41, 5.74) is 2.17. The van der Waals surface area contributed by atoms with Gasteiger partial charge in [0.2, 0.25) is 0 Å². The zero-order valence-corrected chi connectivity index (χ0v) is 14.3. The van der Waals surface area contributed by atoms with Crippen molar-refractivity contribution >= 4 is 12.0 Å². The van der Waals surface area contributed by atoms with Gasteiger partial charge in [-0.25, -0.2) is 14.3 Å². The first-order chi connectivity index (χ1) is 12.2. The fraction of sp³-hybridized carbons (Fsp3) is 0.167. The fourth-order valence-corrected chi connectivity index (χ4v) is 2.70. The Labute approximate surface area is 148 Å². The third-order valence-electron chi connectivity index (χ3n) is 3.43. The number of benzene rings is 2. The number of rotatable bonds is 7. The Morgan fingerprint density at radius 2 is 1.76 bits per heavy atom. The lowest BCUT2D eigenvalue weighted by molar-refractivity contribution is -0.160. The summed E-state index contributed by atoms with van der Waals surface area (Å²) in [7, 11) is 1.44. The van der Waals surface area contributed by atoms with Gasteiger partial charge in [-0.15, -0.1) is 0 Å². The summed E-state index contributed by atoms with van der Waals surface area (Å²) in [4.78, 5) is 9.87. The summed E-state index contributed by atoms with van der Waals surface area (Å²) in [5.74, 6) is 0.682. The second kappa shape index (κ2) is 8.26. The number of aliphatic hydroxyl groups excluding tert-OH is 1. The maximum Gasteiger partial charge on any atom is 0.197 e. The molecule has 0 amide bonds. The molecule has 0 spiro atoms. The molecule has 3 aromatic rings. The van der Waals surface area contributed by atoms with Crippen molar-refractivity contribution in [1.29, 1.82) is 0 Å². The Kier molecular flexibility index (Phi) is 5.83. The van der Waals surface area contributed by atoms with Crippen LogP contribution >= 0.6 is 12.0 Å². The highest BCUT2D eigenvalue weighted by molar-refractivity contribution is 7.94.